The summed E-state index contributed by atoms with van der Waals surface area (Å²) in [5, 5.41) is 7.34. The van der Waals surface area contributed by atoms with Gasteiger partial charge >= 0.3 is 5.69 Å². The molecule has 3 N–H and O–H groups in total. The zero-order valence-electron chi connectivity index (χ0n) is 9.18. The molecular weight excluding hydrogens is 250 g/mol. The van der Waals surface area contributed by atoms with Gasteiger partial charge < -0.3 is 0 Å². The quantitative estimate of drug-likeness (QED) is 0.611. The summed E-state index contributed by atoms with van der Waals surface area (Å²) in [5.41, 5.74) is 3.96. The average molecular weight is 259 g/mol. The lowest BCUT2D eigenvalue weighted by Crippen LogP contribution is -2.29. The van der Waals surface area contributed by atoms with Gasteiger partial charge in [-0.1, -0.05) is 30.4 Å². The first-order chi connectivity index (χ1) is 8.75. The third kappa shape index (κ3) is 1.70. The number of para-hydroxylation sites is 1. The van der Waals surface area contributed by atoms with Crippen molar-refractivity contribution in [3.05, 3.63) is 51.7 Å². The first-order valence-electron chi connectivity index (χ1n) is 5.26. The van der Waals surface area contributed by atoms with Crippen molar-refractivity contribution in [3.63, 3.8) is 0 Å². The van der Waals surface area contributed by atoms with Crippen LogP contribution in [0.3, 0.4) is 0 Å². The van der Waals surface area contributed by atoms with Crippen LogP contribution in [-0.2, 0) is 0 Å². The highest BCUT2D eigenvalue weighted by Gasteiger charge is 2.06. The van der Waals surface area contributed by atoms with E-state index in [2.05, 4.69) is 20.6 Å². The van der Waals surface area contributed by atoms with Crippen LogP contribution in [0.25, 0.3) is 11.0 Å². The van der Waals surface area contributed by atoms with Gasteiger partial charge in [-0.3, -0.25) is 15.5 Å². The van der Waals surface area contributed by atoms with Gasteiger partial charge in [-0.05, 0) is 12.1 Å². The lowest BCUT2D eigenvalue weighted by molar-refractivity contribution is 0.863. The topological polar surface area (TPSA) is 78.5 Å². The summed E-state index contributed by atoms with van der Waals surface area (Å²) >= 11 is 5.06. The number of fused-ring (bicyclic) bond motifs is 1. The van der Waals surface area contributed by atoms with Gasteiger partial charge in [0.2, 0.25) is 0 Å². The van der Waals surface area contributed by atoms with E-state index in [1.807, 2.05) is 30.3 Å². The molecule has 3 aromatic rings. The first kappa shape index (κ1) is 10.7. The number of nitrogens with one attached hydrogen (secondary N) is 3. The smallest absolute Gasteiger partial charge is 0.296 e. The number of anilines is 1. The molecule has 6 nitrogen and oxygen atoms in total. The fourth-order valence-corrected chi connectivity index (χ4v) is 1.92. The van der Waals surface area contributed by atoms with Crippen LogP contribution in [0, 0.1) is 4.64 Å². The maximum Gasteiger partial charge on any atom is 0.347 e. The molecule has 0 atom stereocenters. The molecule has 0 radical (unpaired) electrons. The Kier molecular flexibility index (Phi) is 2.45. The van der Waals surface area contributed by atoms with E-state index in [-0.39, 0.29) is 5.69 Å². The van der Waals surface area contributed by atoms with Crippen LogP contribution < -0.4 is 11.1 Å². The molecule has 0 aliphatic rings. The predicted molar refractivity (Wildman–Crippen MR) is 71.0 cm³/mol. The molecule has 0 unspecified atom stereocenters. The second-order valence-electron chi connectivity index (χ2n) is 3.70. The molecular formula is C11H9N5OS. The highest BCUT2D eigenvalue weighted by atomic mass is 32.1. The fraction of sp³-hybridized carbons (Fsp3) is 0. The van der Waals surface area contributed by atoms with Crippen molar-refractivity contribution >= 4 is 28.9 Å². The van der Waals surface area contributed by atoms with Crippen molar-refractivity contribution < 1.29 is 0 Å². The normalized spacial score (nSPS) is 10.7. The number of benzene rings is 1. The molecule has 0 fully saturated rings. The lowest BCUT2D eigenvalue weighted by atomic mass is 10.3. The second kappa shape index (κ2) is 4.11. The second-order valence-corrected chi connectivity index (χ2v) is 4.11. The van der Waals surface area contributed by atoms with Gasteiger partial charge in [-0.2, -0.15) is 9.77 Å². The summed E-state index contributed by atoms with van der Waals surface area (Å²) in [4.78, 5) is 14.5. The van der Waals surface area contributed by atoms with Crippen molar-refractivity contribution in [2.45, 2.75) is 0 Å². The number of nitrogens with zero attached hydrogens (tertiary/aromatic N) is 2. The largest absolute Gasteiger partial charge is 0.347 e. The van der Waals surface area contributed by atoms with Gasteiger partial charge in [0.25, 0.3) is 0 Å². The van der Waals surface area contributed by atoms with Gasteiger partial charge in [-0.25, -0.2) is 4.79 Å². The summed E-state index contributed by atoms with van der Waals surface area (Å²) < 4.78 is 1.71. The first-order valence-corrected chi connectivity index (χ1v) is 5.67. The Morgan fingerprint density at radius 1 is 1.28 bits per heavy atom. The van der Waals surface area contributed by atoms with Gasteiger partial charge in [0.1, 0.15) is 4.64 Å². The molecule has 18 heavy (non-hydrogen) atoms. The maximum absolute atomic E-state index is 11.9. The van der Waals surface area contributed by atoms with E-state index in [4.69, 9.17) is 12.2 Å². The minimum atomic E-state index is -0.347. The summed E-state index contributed by atoms with van der Waals surface area (Å²) in [7, 11) is 0. The molecule has 90 valence electrons. The number of hydrogen-bond acceptors (Lipinski definition) is 4. The molecule has 0 saturated carbocycles. The van der Waals surface area contributed by atoms with E-state index in [0.29, 0.717) is 15.7 Å². The van der Waals surface area contributed by atoms with Crippen LogP contribution in [0.4, 0.5) is 5.69 Å². The van der Waals surface area contributed by atoms with E-state index >= 15 is 0 Å². The number of aromatic nitrogens is 4. The molecule has 0 aliphatic heterocycles. The summed E-state index contributed by atoms with van der Waals surface area (Å²) in [5.74, 6) is 0. The summed E-state index contributed by atoms with van der Waals surface area (Å²) in [6, 6.07) is 9.37. The molecule has 0 saturated heterocycles. The van der Waals surface area contributed by atoms with Gasteiger partial charge in [0.15, 0.2) is 5.65 Å². The van der Waals surface area contributed by atoms with Gasteiger partial charge in [-0.15, -0.1) is 0 Å². The predicted octanol–water partition coefficient (Wildman–Crippen LogP) is 1.66. The lowest BCUT2D eigenvalue weighted by Gasteiger charge is -2.09. The summed E-state index contributed by atoms with van der Waals surface area (Å²) in [6.45, 7) is 0. The molecule has 1 aromatic carbocycles. The zero-order valence-corrected chi connectivity index (χ0v) is 9.99. The highest BCUT2D eigenvalue weighted by Crippen LogP contribution is 2.10. The van der Waals surface area contributed by atoms with Crippen LogP contribution in [0.15, 0.2) is 41.3 Å². The fourth-order valence-electron chi connectivity index (χ4n) is 1.69. The molecule has 0 bridgehead atoms. The van der Waals surface area contributed by atoms with Crippen LogP contribution in [0.2, 0.25) is 0 Å². The van der Waals surface area contributed by atoms with Crippen molar-refractivity contribution in [3.8, 4) is 0 Å². The van der Waals surface area contributed by atoms with E-state index in [9.17, 15) is 4.79 Å². The third-order valence-corrected chi connectivity index (χ3v) is 2.85. The van der Waals surface area contributed by atoms with Gasteiger partial charge in [0, 0.05) is 0 Å². The molecule has 0 spiro atoms. The number of aromatic amines is 2. The SMILES string of the molecule is O=c1[nH]c(=S)c2cn[nH]c2n1Nc1ccccc1. The van der Waals surface area contributed by atoms with Gasteiger partial charge in [0.05, 0.1) is 17.3 Å². The molecule has 3 rings (SSSR count). The number of hydrogen-bond donors (Lipinski definition) is 3. The van der Waals surface area contributed by atoms with E-state index in [1.54, 1.807) is 6.20 Å². The Bertz CT molecular complexity index is 801. The Labute approximate surface area is 106 Å². The van der Waals surface area contributed by atoms with Crippen LogP contribution in [-0.4, -0.2) is 19.9 Å². The number of H-pyrrole nitrogens is 2. The standard InChI is InChI=1S/C11H9N5OS/c17-11-13-10(18)8-6-12-14-9(8)16(11)15-7-4-2-1-3-5-7/h1-6,15H,(H,12,14)(H,13,17,18). The highest BCUT2D eigenvalue weighted by molar-refractivity contribution is 7.71. The number of rotatable bonds is 2. The van der Waals surface area contributed by atoms with Crippen LogP contribution in [0.1, 0.15) is 0 Å². The third-order valence-electron chi connectivity index (χ3n) is 2.53. The Morgan fingerprint density at radius 3 is 2.83 bits per heavy atom. The molecule has 2 heterocycles. The van der Waals surface area contributed by atoms with Crippen LogP contribution >= 0.6 is 12.2 Å². The minimum Gasteiger partial charge on any atom is -0.296 e. The Hall–Kier alpha value is -2.41. The van der Waals surface area contributed by atoms with E-state index in [0.717, 1.165) is 5.69 Å². The van der Waals surface area contributed by atoms with Crippen LogP contribution in [0.5, 0.6) is 0 Å². The Morgan fingerprint density at radius 2 is 2.06 bits per heavy atom. The molecule has 0 aliphatic carbocycles. The molecule has 7 heteroatoms. The van der Waals surface area contributed by atoms with Crippen molar-refractivity contribution in [2.75, 3.05) is 5.43 Å². The maximum atomic E-state index is 11.9. The minimum absolute atomic E-state index is 0.347. The van der Waals surface area contributed by atoms with Crippen molar-refractivity contribution in [2.24, 2.45) is 0 Å². The zero-order chi connectivity index (χ0) is 12.5. The van der Waals surface area contributed by atoms with Crippen molar-refractivity contribution in [1.82, 2.24) is 19.9 Å². The van der Waals surface area contributed by atoms with E-state index < -0.39 is 0 Å². The summed E-state index contributed by atoms with van der Waals surface area (Å²) in [6.07, 6.45) is 1.58. The average Bonchev–Trinajstić information content (AvgIpc) is 2.85. The molecule has 0 amide bonds. The molecule has 2 aromatic heterocycles. The monoisotopic (exact) mass is 259 g/mol. The van der Waals surface area contributed by atoms with E-state index in [1.165, 1.54) is 4.68 Å². The Balaban J connectivity index is 2.21. The van der Waals surface area contributed by atoms with Crippen molar-refractivity contribution in [1.29, 1.82) is 0 Å².